The van der Waals surface area contributed by atoms with E-state index in [-0.39, 0.29) is 11.9 Å². The molecule has 0 spiro atoms. The van der Waals surface area contributed by atoms with Crippen molar-refractivity contribution in [2.45, 2.75) is 45.6 Å². The van der Waals surface area contributed by atoms with Crippen LogP contribution in [0.25, 0.3) is 0 Å². The minimum atomic E-state index is 0.00307. The molecule has 0 unspecified atom stereocenters. The zero-order chi connectivity index (χ0) is 15.5. The van der Waals surface area contributed by atoms with E-state index in [1.54, 1.807) is 0 Å². The van der Waals surface area contributed by atoms with Crippen molar-refractivity contribution in [1.29, 1.82) is 0 Å². The number of benzene rings is 2. The van der Waals surface area contributed by atoms with E-state index in [1.165, 1.54) is 42.4 Å². The van der Waals surface area contributed by atoms with Crippen LogP contribution in [0.4, 0.5) is 0 Å². The predicted octanol–water partition coefficient (Wildman–Crippen LogP) is 4.36. The topological polar surface area (TPSA) is 29.1 Å². The van der Waals surface area contributed by atoms with Crippen molar-refractivity contribution < 1.29 is 4.79 Å². The van der Waals surface area contributed by atoms with Crippen molar-refractivity contribution in [3.63, 3.8) is 0 Å². The van der Waals surface area contributed by atoms with E-state index in [2.05, 4.69) is 30.4 Å². The Balaban J connectivity index is 1.76. The Morgan fingerprint density at radius 2 is 1.77 bits per heavy atom. The first-order chi connectivity index (χ1) is 10.6. The first-order valence-corrected chi connectivity index (χ1v) is 8.13. The molecule has 1 aliphatic carbocycles. The summed E-state index contributed by atoms with van der Waals surface area (Å²) in [4.78, 5) is 12.4. The Bertz CT molecular complexity index is 690. The number of hydrogen-bond acceptors (Lipinski definition) is 1. The SMILES string of the molecule is Cc1ccccc1C(=O)N[C@@H](C)c1ccc2c(c1)CCCC2. The third kappa shape index (κ3) is 3.06. The summed E-state index contributed by atoms with van der Waals surface area (Å²) in [6, 6.07) is 14.4. The second kappa shape index (κ2) is 6.35. The van der Waals surface area contributed by atoms with Gasteiger partial charge in [-0.05, 0) is 67.9 Å². The fourth-order valence-electron chi connectivity index (χ4n) is 3.21. The fraction of sp³-hybridized carbons (Fsp3) is 0.350. The van der Waals surface area contributed by atoms with E-state index in [0.717, 1.165) is 11.1 Å². The van der Waals surface area contributed by atoms with Crippen LogP contribution in [-0.4, -0.2) is 5.91 Å². The number of carbonyl (C=O) groups is 1. The maximum absolute atomic E-state index is 12.4. The van der Waals surface area contributed by atoms with Crippen LogP contribution >= 0.6 is 0 Å². The van der Waals surface area contributed by atoms with Crippen LogP contribution in [0.5, 0.6) is 0 Å². The van der Waals surface area contributed by atoms with E-state index in [4.69, 9.17) is 0 Å². The molecule has 114 valence electrons. The lowest BCUT2D eigenvalue weighted by atomic mass is 9.89. The number of nitrogens with one attached hydrogen (secondary N) is 1. The van der Waals surface area contributed by atoms with Gasteiger partial charge in [-0.15, -0.1) is 0 Å². The molecular weight excluding hydrogens is 270 g/mol. The van der Waals surface area contributed by atoms with Gasteiger partial charge < -0.3 is 5.32 Å². The van der Waals surface area contributed by atoms with Gasteiger partial charge in [0.2, 0.25) is 0 Å². The molecule has 0 saturated heterocycles. The molecule has 1 aliphatic rings. The van der Waals surface area contributed by atoms with Gasteiger partial charge in [0.05, 0.1) is 6.04 Å². The zero-order valence-electron chi connectivity index (χ0n) is 13.4. The Kier molecular flexibility index (Phi) is 4.28. The lowest BCUT2D eigenvalue weighted by molar-refractivity contribution is 0.0939. The summed E-state index contributed by atoms with van der Waals surface area (Å²) in [6.45, 7) is 4.03. The molecule has 0 heterocycles. The molecule has 0 saturated carbocycles. The molecule has 1 atom stereocenters. The maximum atomic E-state index is 12.4. The number of hydrogen-bond donors (Lipinski definition) is 1. The van der Waals surface area contributed by atoms with Gasteiger partial charge in [-0.1, -0.05) is 36.4 Å². The van der Waals surface area contributed by atoms with Crippen LogP contribution in [0.3, 0.4) is 0 Å². The summed E-state index contributed by atoms with van der Waals surface area (Å²) >= 11 is 0. The first-order valence-electron chi connectivity index (χ1n) is 8.13. The van der Waals surface area contributed by atoms with E-state index in [9.17, 15) is 4.79 Å². The summed E-state index contributed by atoms with van der Waals surface area (Å²) < 4.78 is 0. The average molecular weight is 293 g/mol. The van der Waals surface area contributed by atoms with Gasteiger partial charge in [0.15, 0.2) is 0 Å². The molecule has 2 aromatic rings. The van der Waals surface area contributed by atoms with Crippen molar-refractivity contribution >= 4 is 5.91 Å². The van der Waals surface area contributed by atoms with Gasteiger partial charge >= 0.3 is 0 Å². The van der Waals surface area contributed by atoms with Gasteiger partial charge in [-0.3, -0.25) is 4.79 Å². The standard InChI is InChI=1S/C20H23NO/c1-14-7-3-6-10-19(14)20(22)21-15(2)17-12-11-16-8-4-5-9-18(16)13-17/h3,6-7,10-13,15H,4-5,8-9H2,1-2H3,(H,21,22)/t15-/m0/s1. The molecular formula is C20H23NO. The van der Waals surface area contributed by atoms with Crippen LogP contribution in [0, 0.1) is 6.92 Å². The fourth-order valence-corrected chi connectivity index (χ4v) is 3.21. The van der Waals surface area contributed by atoms with Crippen molar-refractivity contribution in [3.05, 3.63) is 70.3 Å². The quantitative estimate of drug-likeness (QED) is 0.894. The zero-order valence-corrected chi connectivity index (χ0v) is 13.4. The second-order valence-corrected chi connectivity index (χ2v) is 6.25. The van der Waals surface area contributed by atoms with E-state index < -0.39 is 0 Å². The van der Waals surface area contributed by atoms with Crippen LogP contribution in [-0.2, 0) is 12.8 Å². The number of aryl methyl sites for hydroxylation is 3. The highest BCUT2D eigenvalue weighted by Crippen LogP contribution is 2.25. The van der Waals surface area contributed by atoms with Crippen LogP contribution in [0.2, 0.25) is 0 Å². The summed E-state index contributed by atoms with van der Waals surface area (Å²) in [5.74, 6) is 0.00307. The molecule has 0 radical (unpaired) electrons. The number of amides is 1. The smallest absolute Gasteiger partial charge is 0.252 e. The third-order valence-corrected chi connectivity index (χ3v) is 4.61. The first kappa shape index (κ1) is 14.8. The van der Waals surface area contributed by atoms with Crippen LogP contribution in [0.1, 0.15) is 58.4 Å². The Morgan fingerprint density at radius 1 is 1.05 bits per heavy atom. The Labute approximate surface area is 132 Å². The van der Waals surface area contributed by atoms with Crippen molar-refractivity contribution in [1.82, 2.24) is 5.32 Å². The van der Waals surface area contributed by atoms with Gasteiger partial charge in [0.25, 0.3) is 5.91 Å². The highest BCUT2D eigenvalue weighted by Gasteiger charge is 2.15. The monoisotopic (exact) mass is 293 g/mol. The van der Waals surface area contributed by atoms with Gasteiger partial charge in [0.1, 0.15) is 0 Å². The molecule has 2 aromatic carbocycles. The second-order valence-electron chi connectivity index (χ2n) is 6.25. The van der Waals surface area contributed by atoms with E-state index in [0.29, 0.717) is 0 Å². The Morgan fingerprint density at radius 3 is 2.55 bits per heavy atom. The molecule has 22 heavy (non-hydrogen) atoms. The van der Waals surface area contributed by atoms with E-state index in [1.807, 2.05) is 31.2 Å². The minimum absolute atomic E-state index is 0.00307. The summed E-state index contributed by atoms with van der Waals surface area (Å²) in [5, 5.41) is 3.12. The molecule has 1 N–H and O–H groups in total. The lowest BCUT2D eigenvalue weighted by Crippen LogP contribution is -2.27. The number of carbonyl (C=O) groups excluding carboxylic acids is 1. The lowest BCUT2D eigenvalue weighted by Gasteiger charge is -2.20. The molecule has 0 aromatic heterocycles. The normalized spacial score (nSPS) is 15.0. The molecule has 2 heteroatoms. The Hall–Kier alpha value is -2.09. The predicted molar refractivity (Wildman–Crippen MR) is 90.1 cm³/mol. The van der Waals surface area contributed by atoms with Crippen molar-refractivity contribution in [3.8, 4) is 0 Å². The van der Waals surface area contributed by atoms with Gasteiger partial charge in [-0.25, -0.2) is 0 Å². The molecule has 0 bridgehead atoms. The summed E-state index contributed by atoms with van der Waals surface area (Å²) in [7, 11) is 0. The van der Waals surface area contributed by atoms with Crippen molar-refractivity contribution in [2.24, 2.45) is 0 Å². The molecule has 0 aliphatic heterocycles. The third-order valence-electron chi connectivity index (χ3n) is 4.61. The van der Waals surface area contributed by atoms with Crippen LogP contribution < -0.4 is 5.32 Å². The van der Waals surface area contributed by atoms with Crippen molar-refractivity contribution in [2.75, 3.05) is 0 Å². The number of fused-ring (bicyclic) bond motifs is 1. The maximum Gasteiger partial charge on any atom is 0.252 e. The van der Waals surface area contributed by atoms with Gasteiger partial charge in [-0.2, -0.15) is 0 Å². The molecule has 1 amide bonds. The molecule has 3 rings (SSSR count). The number of rotatable bonds is 3. The average Bonchev–Trinajstić information content (AvgIpc) is 2.54. The molecule has 0 fully saturated rings. The van der Waals surface area contributed by atoms with Crippen LogP contribution in [0.15, 0.2) is 42.5 Å². The van der Waals surface area contributed by atoms with Gasteiger partial charge in [0, 0.05) is 5.56 Å². The largest absolute Gasteiger partial charge is 0.346 e. The molecule has 2 nitrogen and oxygen atoms in total. The summed E-state index contributed by atoms with van der Waals surface area (Å²) in [6.07, 6.45) is 4.94. The summed E-state index contributed by atoms with van der Waals surface area (Å²) in [5.41, 5.74) is 5.90. The van der Waals surface area contributed by atoms with E-state index >= 15 is 0 Å². The highest BCUT2D eigenvalue weighted by atomic mass is 16.1. The highest BCUT2D eigenvalue weighted by molar-refractivity contribution is 5.95. The minimum Gasteiger partial charge on any atom is -0.346 e.